The van der Waals surface area contributed by atoms with Crippen molar-refractivity contribution in [2.24, 2.45) is 0 Å². The van der Waals surface area contributed by atoms with Crippen molar-refractivity contribution < 1.29 is 14.3 Å². The molecule has 0 aliphatic rings. The van der Waals surface area contributed by atoms with Crippen molar-refractivity contribution in [2.45, 2.75) is 26.4 Å². The van der Waals surface area contributed by atoms with Crippen molar-refractivity contribution in [3.05, 3.63) is 34.3 Å². The van der Waals surface area contributed by atoms with Gasteiger partial charge in [-0.2, -0.15) is 0 Å². The molecule has 0 aromatic heterocycles. The van der Waals surface area contributed by atoms with Crippen LogP contribution in [-0.4, -0.2) is 38.4 Å². The van der Waals surface area contributed by atoms with Crippen molar-refractivity contribution in [2.75, 3.05) is 26.4 Å². The van der Waals surface area contributed by atoms with Gasteiger partial charge in [0.05, 0.1) is 13.2 Å². The van der Waals surface area contributed by atoms with Crippen LogP contribution in [0.4, 0.5) is 0 Å². The molecular formula is C15H22BrNO3. The third-order valence-electron chi connectivity index (χ3n) is 2.82. The van der Waals surface area contributed by atoms with Crippen molar-refractivity contribution in [1.29, 1.82) is 0 Å². The molecule has 112 valence electrons. The van der Waals surface area contributed by atoms with Crippen molar-refractivity contribution in [3.63, 3.8) is 0 Å². The average Bonchev–Trinajstić information content (AvgIpc) is 2.45. The molecule has 1 rings (SSSR count). The van der Waals surface area contributed by atoms with Crippen molar-refractivity contribution in [1.82, 2.24) is 5.32 Å². The van der Waals surface area contributed by atoms with Crippen LogP contribution in [0.2, 0.25) is 0 Å². The van der Waals surface area contributed by atoms with E-state index in [0.717, 1.165) is 10.9 Å². The number of ether oxygens (including phenoxy) is 2. The van der Waals surface area contributed by atoms with Crippen LogP contribution < -0.4 is 5.32 Å². The summed E-state index contributed by atoms with van der Waals surface area (Å²) >= 11 is 3.49. The van der Waals surface area contributed by atoms with E-state index in [0.29, 0.717) is 26.4 Å². The van der Waals surface area contributed by atoms with Gasteiger partial charge in [0.15, 0.2) is 0 Å². The minimum Gasteiger partial charge on any atom is -0.379 e. The Balaban J connectivity index is 2.21. The zero-order valence-electron chi connectivity index (χ0n) is 12.0. The van der Waals surface area contributed by atoms with Crippen molar-refractivity contribution in [3.8, 4) is 0 Å². The molecule has 20 heavy (non-hydrogen) atoms. The fraction of sp³-hybridized carbons (Fsp3) is 0.533. The molecule has 0 aliphatic carbocycles. The maximum absolute atomic E-state index is 11.8. The molecule has 5 heteroatoms. The van der Waals surface area contributed by atoms with Gasteiger partial charge >= 0.3 is 0 Å². The topological polar surface area (TPSA) is 47.6 Å². The molecule has 1 N–H and O–H groups in total. The van der Waals surface area contributed by atoms with Crippen LogP contribution in [0.5, 0.6) is 0 Å². The zero-order chi connectivity index (χ0) is 14.8. The first-order chi connectivity index (χ1) is 9.65. The van der Waals surface area contributed by atoms with Gasteiger partial charge in [0.25, 0.3) is 0 Å². The summed E-state index contributed by atoms with van der Waals surface area (Å²) < 4.78 is 11.6. The largest absolute Gasteiger partial charge is 0.379 e. The van der Waals surface area contributed by atoms with Crippen LogP contribution in [0, 0.1) is 0 Å². The van der Waals surface area contributed by atoms with E-state index in [1.165, 1.54) is 5.56 Å². The van der Waals surface area contributed by atoms with Gasteiger partial charge in [0, 0.05) is 17.6 Å². The van der Waals surface area contributed by atoms with E-state index >= 15 is 0 Å². The molecule has 0 aliphatic heterocycles. The summed E-state index contributed by atoms with van der Waals surface area (Å²) in [7, 11) is 0. The molecular weight excluding hydrogens is 322 g/mol. The van der Waals surface area contributed by atoms with Crippen LogP contribution in [0.15, 0.2) is 28.7 Å². The minimum atomic E-state index is -0.449. The highest BCUT2D eigenvalue weighted by Gasteiger charge is 2.12. The summed E-state index contributed by atoms with van der Waals surface area (Å²) in [5, 5.41) is 2.87. The fourth-order valence-electron chi connectivity index (χ4n) is 1.67. The Hall–Kier alpha value is -0.910. The van der Waals surface area contributed by atoms with E-state index in [9.17, 15) is 4.79 Å². The lowest BCUT2D eigenvalue weighted by Crippen LogP contribution is -2.36. The number of rotatable bonds is 9. The molecule has 0 unspecified atom stereocenters. The van der Waals surface area contributed by atoms with Gasteiger partial charge in [-0.25, -0.2) is 0 Å². The maximum atomic E-state index is 11.8. The smallest absolute Gasteiger partial charge is 0.248 e. The highest BCUT2D eigenvalue weighted by molar-refractivity contribution is 9.10. The summed E-state index contributed by atoms with van der Waals surface area (Å²) in [6.07, 6.45) is 0.341. The van der Waals surface area contributed by atoms with Gasteiger partial charge < -0.3 is 14.8 Å². The number of amides is 1. The molecule has 1 aromatic rings. The number of carbonyl (C=O) groups excluding carboxylic acids is 1. The summed E-state index contributed by atoms with van der Waals surface area (Å²) in [6, 6.07) is 8.00. The molecule has 0 heterocycles. The van der Waals surface area contributed by atoms with E-state index in [1.54, 1.807) is 6.92 Å². The summed E-state index contributed by atoms with van der Waals surface area (Å²) in [5.74, 6) is -0.0893. The predicted octanol–water partition coefficient (Wildman–Crippen LogP) is 2.55. The molecule has 1 aromatic carbocycles. The van der Waals surface area contributed by atoms with Crippen LogP contribution in [-0.2, 0) is 20.7 Å². The molecule has 0 saturated heterocycles. The maximum Gasteiger partial charge on any atom is 0.248 e. The van der Waals surface area contributed by atoms with Crippen LogP contribution in [0.3, 0.4) is 0 Å². The summed E-state index contributed by atoms with van der Waals surface area (Å²) in [4.78, 5) is 11.8. The van der Waals surface area contributed by atoms with E-state index in [-0.39, 0.29) is 5.91 Å². The Morgan fingerprint density at radius 1 is 1.35 bits per heavy atom. The van der Waals surface area contributed by atoms with Crippen LogP contribution >= 0.6 is 15.9 Å². The summed E-state index contributed by atoms with van der Waals surface area (Å²) in [6.45, 7) is 5.89. The molecule has 1 atom stereocenters. The zero-order valence-corrected chi connectivity index (χ0v) is 13.6. The van der Waals surface area contributed by atoms with Crippen molar-refractivity contribution >= 4 is 21.8 Å². The number of nitrogens with one attached hydrogen (secondary N) is 1. The van der Waals surface area contributed by atoms with E-state index in [2.05, 4.69) is 21.2 Å². The monoisotopic (exact) mass is 343 g/mol. The lowest BCUT2D eigenvalue weighted by Gasteiger charge is -2.13. The van der Waals surface area contributed by atoms with E-state index in [1.807, 2.05) is 31.2 Å². The lowest BCUT2D eigenvalue weighted by molar-refractivity contribution is -0.132. The highest BCUT2D eigenvalue weighted by Crippen LogP contribution is 2.15. The first kappa shape index (κ1) is 17.1. The third kappa shape index (κ3) is 6.50. The molecule has 0 radical (unpaired) electrons. The molecule has 1 amide bonds. The molecule has 0 bridgehead atoms. The first-order valence-corrected chi connectivity index (χ1v) is 7.65. The number of carbonyl (C=O) groups is 1. The van der Waals surface area contributed by atoms with Gasteiger partial charge in [-0.3, -0.25) is 4.79 Å². The normalized spacial score (nSPS) is 12.2. The first-order valence-electron chi connectivity index (χ1n) is 6.85. The van der Waals surface area contributed by atoms with Crippen LogP contribution in [0.1, 0.15) is 19.4 Å². The van der Waals surface area contributed by atoms with Gasteiger partial charge in [0.2, 0.25) is 5.91 Å². The standard InChI is InChI=1S/C15H22BrNO3/c1-3-19-10-11-20-12(2)15(18)17-9-8-13-6-4-5-7-14(13)16/h4-7,12H,3,8-11H2,1-2H3,(H,17,18)/t12-/m1/s1. The van der Waals surface area contributed by atoms with Crippen LogP contribution in [0.25, 0.3) is 0 Å². The Bertz CT molecular complexity index is 412. The number of halogens is 1. The number of hydrogen-bond acceptors (Lipinski definition) is 3. The second-order valence-corrected chi connectivity index (χ2v) is 5.20. The second kappa shape index (κ2) is 9.91. The molecule has 4 nitrogen and oxygen atoms in total. The predicted molar refractivity (Wildman–Crippen MR) is 82.8 cm³/mol. The average molecular weight is 344 g/mol. The molecule has 0 saturated carbocycles. The molecule has 0 fully saturated rings. The highest BCUT2D eigenvalue weighted by atomic mass is 79.9. The number of hydrogen-bond donors (Lipinski definition) is 1. The van der Waals surface area contributed by atoms with Gasteiger partial charge in [-0.15, -0.1) is 0 Å². The quantitative estimate of drug-likeness (QED) is 0.701. The lowest BCUT2D eigenvalue weighted by atomic mass is 10.1. The van der Waals surface area contributed by atoms with Gasteiger partial charge in [0.1, 0.15) is 6.10 Å². The van der Waals surface area contributed by atoms with Gasteiger partial charge in [-0.05, 0) is 31.9 Å². The number of benzene rings is 1. The second-order valence-electron chi connectivity index (χ2n) is 4.34. The van der Waals surface area contributed by atoms with E-state index < -0.39 is 6.10 Å². The van der Waals surface area contributed by atoms with E-state index in [4.69, 9.17) is 9.47 Å². The summed E-state index contributed by atoms with van der Waals surface area (Å²) in [5.41, 5.74) is 1.18. The Morgan fingerprint density at radius 2 is 2.10 bits per heavy atom. The Labute approximate surface area is 129 Å². The SMILES string of the molecule is CCOCCO[C@H](C)C(=O)NCCc1ccccc1Br. The fourth-order valence-corrected chi connectivity index (χ4v) is 2.15. The molecule has 0 spiro atoms. The third-order valence-corrected chi connectivity index (χ3v) is 3.59. The Kier molecular flexibility index (Phi) is 8.49. The minimum absolute atomic E-state index is 0.0893. The Morgan fingerprint density at radius 3 is 2.80 bits per heavy atom. The van der Waals surface area contributed by atoms with Gasteiger partial charge in [-0.1, -0.05) is 34.1 Å².